The predicted octanol–water partition coefficient (Wildman–Crippen LogP) is 3.50. The van der Waals surface area contributed by atoms with Gasteiger partial charge >= 0.3 is 0 Å². The van der Waals surface area contributed by atoms with Crippen LogP contribution in [0.15, 0.2) is 0 Å². The van der Waals surface area contributed by atoms with E-state index in [-0.39, 0.29) is 0 Å². The number of hydrogen-bond acceptors (Lipinski definition) is 4. The Morgan fingerprint density at radius 2 is 2.10 bits per heavy atom. The summed E-state index contributed by atoms with van der Waals surface area (Å²) in [5.74, 6) is 2.62. The van der Waals surface area contributed by atoms with Crippen LogP contribution in [0.5, 0.6) is 0 Å². The molecule has 0 bridgehead atoms. The molecular weight excluding hydrogens is 365 g/mol. The average molecular weight is 387 g/mol. The Kier molecular flexibility index (Phi) is 4.75. The fourth-order valence-corrected chi connectivity index (χ4v) is 3.56. The van der Waals surface area contributed by atoms with Crippen molar-refractivity contribution in [2.75, 3.05) is 18.5 Å². The van der Waals surface area contributed by atoms with Crippen molar-refractivity contribution in [3.63, 3.8) is 0 Å². The summed E-state index contributed by atoms with van der Waals surface area (Å²) in [7, 11) is 0. The van der Waals surface area contributed by atoms with E-state index in [0.29, 0.717) is 12.0 Å². The third kappa shape index (κ3) is 3.42. The number of aromatic nitrogens is 2. The standard InChI is InChI=1S/C15H22IN3O/c1-2-17-15-13(16)14(10-6-7-10)18-12(19-15)9-11-5-3-4-8-20-11/h10-11H,2-9H2,1H3,(H,17,18,19). The van der Waals surface area contributed by atoms with E-state index in [1.807, 2.05) is 0 Å². The first-order chi connectivity index (χ1) is 9.78. The zero-order valence-electron chi connectivity index (χ0n) is 12.0. The highest BCUT2D eigenvalue weighted by Gasteiger charge is 2.29. The minimum Gasteiger partial charge on any atom is -0.378 e. The van der Waals surface area contributed by atoms with Crippen LogP contribution >= 0.6 is 22.6 Å². The van der Waals surface area contributed by atoms with Gasteiger partial charge in [-0.15, -0.1) is 0 Å². The molecule has 20 heavy (non-hydrogen) atoms. The van der Waals surface area contributed by atoms with Gasteiger partial charge in [-0.1, -0.05) is 0 Å². The van der Waals surface area contributed by atoms with E-state index in [2.05, 4.69) is 34.8 Å². The van der Waals surface area contributed by atoms with Crippen LogP contribution in [0.2, 0.25) is 0 Å². The number of anilines is 1. The maximum atomic E-state index is 5.83. The Labute approximate surface area is 134 Å². The maximum absolute atomic E-state index is 5.83. The Morgan fingerprint density at radius 1 is 1.25 bits per heavy atom. The first-order valence-corrected chi connectivity index (χ1v) is 8.77. The Bertz CT molecular complexity index is 470. The summed E-state index contributed by atoms with van der Waals surface area (Å²) in [6.07, 6.45) is 7.32. The number of nitrogens with zero attached hydrogens (tertiary/aromatic N) is 2. The zero-order chi connectivity index (χ0) is 13.9. The lowest BCUT2D eigenvalue weighted by Crippen LogP contribution is -2.23. The van der Waals surface area contributed by atoms with E-state index in [1.165, 1.54) is 34.9 Å². The summed E-state index contributed by atoms with van der Waals surface area (Å²) >= 11 is 2.39. The molecule has 1 N–H and O–H groups in total. The summed E-state index contributed by atoms with van der Waals surface area (Å²) in [4.78, 5) is 9.55. The van der Waals surface area contributed by atoms with Crippen molar-refractivity contribution in [3.8, 4) is 0 Å². The molecular formula is C15H22IN3O. The van der Waals surface area contributed by atoms with Crippen molar-refractivity contribution in [2.45, 2.75) is 57.5 Å². The summed E-state index contributed by atoms with van der Waals surface area (Å²) in [6.45, 7) is 3.90. The van der Waals surface area contributed by atoms with Gasteiger partial charge in [-0.25, -0.2) is 9.97 Å². The van der Waals surface area contributed by atoms with E-state index in [9.17, 15) is 0 Å². The van der Waals surface area contributed by atoms with Gasteiger partial charge in [0.05, 0.1) is 15.4 Å². The molecule has 0 amide bonds. The average Bonchev–Trinajstić information content (AvgIpc) is 3.28. The molecule has 1 aromatic heterocycles. The molecule has 1 aliphatic heterocycles. The highest BCUT2D eigenvalue weighted by atomic mass is 127. The van der Waals surface area contributed by atoms with E-state index >= 15 is 0 Å². The van der Waals surface area contributed by atoms with E-state index in [0.717, 1.165) is 37.6 Å². The Balaban J connectivity index is 1.81. The molecule has 1 atom stereocenters. The van der Waals surface area contributed by atoms with E-state index < -0.39 is 0 Å². The van der Waals surface area contributed by atoms with Crippen molar-refractivity contribution < 1.29 is 4.74 Å². The van der Waals surface area contributed by atoms with Crippen LogP contribution in [0, 0.1) is 3.57 Å². The highest BCUT2D eigenvalue weighted by Crippen LogP contribution is 2.42. The second-order valence-electron chi connectivity index (χ2n) is 5.68. The van der Waals surface area contributed by atoms with Gasteiger partial charge in [0.2, 0.25) is 0 Å². The number of nitrogens with one attached hydrogen (secondary N) is 1. The van der Waals surface area contributed by atoms with Crippen LogP contribution in [0.1, 0.15) is 56.5 Å². The van der Waals surface area contributed by atoms with Crippen molar-refractivity contribution in [3.05, 3.63) is 15.1 Å². The topological polar surface area (TPSA) is 47.0 Å². The lowest BCUT2D eigenvalue weighted by molar-refractivity contribution is 0.0156. The first-order valence-electron chi connectivity index (χ1n) is 7.69. The largest absolute Gasteiger partial charge is 0.378 e. The monoisotopic (exact) mass is 387 g/mol. The van der Waals surface area contributed by atoms with E-state index in [4.69, 9.17) is 14.7 Å². The lowest BCUT2D eigenvalue weighted by atomic mass is 10.1. The van der Waals surface area contributed by atoms with Crippen molar-refractivity contribution in [1.29, 1.82) is 0 Å². The molecule has 5 heteroatoms. The van der Waals surface area contributed by atoms with Gasteiger partial charge in [-0.05, 0) is 61.6 Å². The van der Waals surface area contributed by atoms with Gasteiger partial charge in [-0.3, -0.25) is 0 Å². The minimum absolute atomic E-state index is 0.311. The Morgan fingerprint density at radius 3 is 2.75 bits per heavy atom. The molecule has 2 aliphatic rings. The zero-order valence-corrected chi connectivity index (χ0v) is 14.1. The molecule has 3 rings (SSSR count). The van der Waals surface area contributed by atoms with Crippen LogP contribution < -0.4 is 5.32 Å². The van der Waals surface area contributed by atoms with Crippen molar-refractivity contribution in [2.24, 2.45) is 0 Å². The molecule has 1 saturated carbocycles. The number of hydrogen-bond donors (Lipinski definition) is 1. The maximum Gasteiger partial charge on any atom is 0.143 e. The van der Waals surface area contributed by atoms with Crippen LogP contribution in [0.3, 0.4) is 0 Å². The molecule has 0 spiro atoms. The second-order valence-corrected chi connectivity index (χ2v) is 6.76. The first kappa shape index (κ1) is 14.5. The van der Waals surface area contributed by atoms with Gasteiger partial charge in [-0.2, -0.15) is 0 Å². The Hall–Kier alpha value is -0.430. The third-order valence-corrected chi connectivity index (χ3v) is 4.98. The van der Waals surface area contributed by atoms with Crippen molar-refractivity contribution >= 4 is 28.4 Å². The smallest absolute Gasteiger partial charge is 0.143 e. The predicted molar refractivity (Wildman–Crippen MR) is 88.2 cm³/mol. The minimum atomic E-state index is 0.311. The summed E-state index contributed by atoms with van der Waals surface area (Å²) in [5, 5.41) is 3.38. The molecule has 1 aromatic rings. The number of ether oxygens (including phenoxy) is 1. The molecule has 0 radical (unpaired) electrons. The van der Waals surface area contributed by atoms with Gasteiger partial charge in [0, 0.05) is 25.5 Å². The van der Waals surface area contributed by atoms with Crippen molar-refractivity contribution in [1.82, 2.24) is 9.97 Å². The van der Waals surface area contributed by atoms with E-state index in [1.54, 1.807) is 0 Å². The number of rotatable bonds is 5. The number of halogens is 1. The lowest BCUT2D eigenvalue weighted by Gasteiger charge is -2.22. The fraction of sp³-hybridized carbons (Fsp3) is 0.733. The summed E-state index contributed by atoms with van der Waals surface area (Å²) in [6, 6.07) is 0. The normalized spacial score (nSPS) is 22.8. The second kappa shape index (κ2) is 6.56. The molecule has 1 saturated heterocycles. The quantitative estimate of drug-likeness (QED) is 0.786. The molecule has 110 valence electrons. The van der Waals surface area contributed by atoms with Crippen LogP contribution in [-0.2, 0) is 11.2 Å². The fourth-order valence-electron chi connectivity index (χ4n) is 2.69. The molecule has 4 nitrogen and oxygen atoms in total. The summed E-state index contributed by atoms with van der Waals surface area (Å²) in [5.41, 5.74) is 1.25. The molecule has 1 unspecified atom stereocenters. The SMILES string of the molecule is CCNc1nc(CC2CCCCO2)nc(C2CC2)c1I. The third-order valence-electron chi connectivity index (χ3n) is 3.92. The van der Waals surface area contributed by atoms with Gasteiger partial charge in [0.1, 0.15) is 11.6 Å². The molecule has 2 heterocycles. The molecule has 1 aliphatic carbocycles. The molecule has 2 fully saturated rings. The van der Waals surface area contributed by atoms with Crippen LogP contribution in [-0.4, -0.2) is 29.2 Å². The summed E-state index contributed by atoms with van der Waals surface area (Å²) < 4.78 is 7.03. The van der Waals surface area contributed by atoms with Crippen LogP contribution in [0.25, 0.3) is 0 Å². The van der Waals surface area contributed by atoms with Gasteiger partial charge in [0.15, 0.2) is 0 Å². The highest BCUT2D eigenvalue weighted by molar-refractivity contribution is 14.1. The molecule has 0 aromatic carbocycles. The van der Waals surface area contributed by atoms with Gasteiger partial charge in [0.25, 0.3) is 0 Å². The van der Waals surface area contributed by atoms with Crippen LogP contribution in [0.4, 0.5) is 5.82 Å². The van der Waals surface area contributed by atoms with Gasteiger partial charge < -0.3 is 10.1 Å².